The third kappa shape index (κ3) is 4.06. The molecule has 0 radical (unpaired) electrons. The van der Waals surface area contributed by atoms with Gasteiger partial charge in [0.15, 0.2) is 5.96 Å². The number of guanidine groups is 1. The molecular formula is C19H23N3O2. The van der Waals surface area contributed by atoms with Gasteiger partial charge in [0.25, 0.3) is 0 Å². The van der Waals surface area contributed by atoms with Gasteiger partial charge in [0.2, 0.25) is 0 Å². The zero-order valence-corrected chi connectivity index (χ0v) is 13.9. The minimum Gasteiger partial charge on any atom is -0.493 e. The SMILES string of the molecule is COCc1ccc(CN=C(N)NC2CCOc3ccccc32)cc1. The van der Waals surface area contributed by atoms with Crippen LogP contribution in [0.4, 0.5) is 0 Å². The predicted octanol–water partition coefficient (Wildman–Crippen LogP) is 2.76. The highest BCUT2D eigenvalue weighted by molar-refractivity contribution is 5.78. The van der Waals surface area contributed by atoms with E-state index >= 15 is 0 Å². The second-order valence-corrected chi connectivity index (χ2v) is 5.82. The summed E-state index contributed by atoms with van der Waals surface area (Å²) in [4.78, 5) is 4.45. The molecule has 0 bridgehead atoms. The van der Waals surface area contributed by atoms with Crippen molar-refractivity contribution >= 4 is 5.96 Å². The number of nitrogens with zero attached hydrogens (tertiary/aromatic N) is 1. The molecule has 126 valence electrons. The molecule has 1 aliphatic rings. The number of hydrogen-bond donors (Lipinski definition) is 2. The number of para-hydroxylation sites is 1. The van der Waals surface area contributed by atoms with E-state index in [9.17, 15) is 0 Å². The average molecular weight is 325 g/mol. The van der Waals surface area contributed by atoms with Gasteiger partial charge >= 0.3 is 0 Å². The number of hydrogen-bond acceptors (Lipinski definition) is 3. The van der Waals surface area contributed by atoms with E-state index in [1.54, 1.807) is 7.11 Å². The zero-order valence-electron chi connectivity index (χ0n) is 13.9. The van der Waals surface area contributed by atoms with Crippen LogP contribution in [-0.2, 0) is 17.9 Å². The van der Waals surface area contributed by atoms with E-state index in [0.29, 0.717) is 25.7 Å². The van der Waals surface area contributed by atoms with Crippen molar-refractivity contribution in [1.82, 2.24) is 5.32 Å². The summed E-state index contributed by atoms with van der Waals surface area (Å²) in [7, 11) is 1.69. The number of nitrogens with two attached hydrogens (primary N) is 1. The molecule has 3 N–H and O–H groups in total. The molecule has 5 nitrogen and oxygen atoms in total. The van der Waals surface area contributed by atoms with Gasteiger partial charge in [0.05, 0.1) is 25.8 Å². The Morgan fingerprint density at radius 2 is 1.96 bits per heavy atom. The molecule has 0 aromatic heterocycles. The first-order valence-corrected chi connectivity index (χ1v) is 8.11. The molecule has 3 rings (SSSR count). The van der Waals surface area contributed by atoms with Crippen LogP contribution in [0.3, 0.4) is 0 Å². The van der Waals surface area contributed by atoms with Crippen molar-refractivity contribution in [2.24, 2.45) is 10.7 Å². The van der Waals surface area contributed by atoms with E-state index < -0.39 is 0 Å². The first kappa shape index (κ1) is 16.3. The third-order valence-corrected chi connectivity index (χ3v) is 4.05. The van der Waals surface area contributed by atoms with Gasteiger partial charge in [-0.05, 0) is 17.2 Å². The Labute approximate surface area is 142 Å². The first-order chi connectivity index (χ1) is 11.8. The Morgan fingerprint density at radius 3 is 2.75 bits per heavy atom. The maximum atomic E-state index is 6.07. The number of benzene rings is 2. The van der Waals surface area contributed by atoms with Crippen molar-refractivity contribution in [3.05, 3.63) is 65.2 Å². The van der Waals surface area contributed by atoms with Crippen LogP contribution in [0.15, 0.2) is 53.5 Å². The van der Waals surface area contributed by atoms with Gasteiger partial charge in [-0.15, -0.1) is 0 Å². The number of nitrogens with one attached hydrogen (secondary N) is 1. The summed E-state index contributed by atoms with van der Waals surface area (Å²) in [6.07, 6.45) is 0.874. The maximum Gasteiger partial charge on any atom is 0.189 e. The van der Waals surface area contributed by atoms with Crippen molar-refractivity contribution in [2.75, 3.05) is 13.7 Å². The van der Waals surface area contributed by atoms with Crippen molar-refractivity contribution in [3.63, 3.8) is 0 Å². The molecule has 0 spiro atoms. The number of fused-ring (bicyclic) bond motifs is 1. The van der Waals surface area contributed by atoms with Crippen molar-refractivity contribution in [3.8, 4) is 5.75 Å². The van der Waals surface area contributed by atoms with Gasteiger partial charge in [-0.3, -0.25) is 0 Å². The lowest BCUT2D eigenvalue weighted by atomic mass is 10.0. The van der Waals surface area contributed by atoms with Crippen LogP contribution in [0.25, 0.3) is 0 Å². The molecule has 1 unspecified atom stereocenters. The number of methoxy groups -OCH3 is 1. The van der Waals surface area contributed by atoms with Gasteiger partial charge in [0, 0.05) is 19.1 Å². The van der Waals surface area contributed by atoms with E-state index in [4.69, 9.17) is 15.2 Å². The number of aliphatic imine (C=N–C) groups is 1. The van der Waals surface area contributed by atoms with Gasteiger partial charge in [-0.25, -0.2) is 4.99 Å². The van der Waals surface area contributed by atoms with E-state index in [2.05, 4.69) is 28.5 Å². The lowest BCUT2D eigenvalue weighted by Crippen LogP contribution is -2.37. The Kier molecular flexibility index (Phi) is 5.33. The molecule has 1 heterocycles. The largest absolute Gasteiger partial charge is 0.493 e. The summed E-state index contributed by atoms with van der Waals surface area (Å²) in [6, 6.07) is 16.4. The van der Waals surface area contributed by atoms with Crippen LogP contribution < -0.4 is 15.8 Å². The molecule has 1 aliphatic heterocycles. The van der Waals surface area contributed by atoms with Crippen LogP contribution in [0.5, 0.6) is 5.75 Å². The highest BCUT2D eigenvalue weighted by Gasteiger charge is 2.21. The quantitative estimate of drug-likeness (QED) is 0.655. The van der Waals surface area contributed by atoms with Crippen molar-refractivity contribution in [2.45, 2.75) is 25.6 Å². The summed E-state index contributed by atoms with van der Waals surface area (Å²) >= 11 is 0. The Morgan fingerprint density at radius 1 is 1.21 bits per heavy atom. The smallest absolute Gasteiger partial charge is 0.189 e. The van der Waals surface area contributed by atoms with Crippen molar-refractivity contribution in [1.29, 1.82) is 0 Å². The Bertz CT molecular complexity index is 698. The zero-order chi connectivity index (χ0) is 16.8. The minimum absolute atomic E-state index is 0.141. The number of ether oxygens (including phenoxy) is 2. The average Bonchev–Trinajstić information content (AvgIpc) is 2.62. The fourth-order valence-corrected chi connectivity index (χ4v) is 2.80. The lowest BCUT2D eigenvalue weighted by Gasteiger charge is -2.26. The van der Waals surface area contributed by atoms with Crippen LogP contribution in [-0.4, -0.2) is 19.7 Å². The first-order valence-electron chi connectivity index (χ1n) is 8.11. The van der Waals surface area contributed by atoms with Crippen LogP contribution in [0.2, 0.25) is 0 Å². The standard InChI is InChI=1S/C19H23N3O2/c1-23-13-15-8-6-14(7-9-15)12-21-19(20)22-17-10-11-24-18-5-3-2-4-16(17)18/h2-9,17H,10-13H2,1H3,(H3,20,21,22). The topological polar surface area (TPSA) is 68.9 Å². The van der Waals surface area contributed by atoms with Crippen LogP contribution in [0, 0.1) is 0 Å². The van der Waals surface area contributed by atoms with Gasteiger partial charge in [0.1, 0.15) is 5.75 Å². The van der Waals surface area contributed by atoms with E-state index in [-0.39, 0.29) is 6.04 Å². The van der Waals surface area contributed by atoms with E-state index in [1.807, 2.05) is 30.3 Å². The molecule has 0 saturated heterocycles. The fraction of sp³-hybridized carbons (Fsp3) is 0.316. The summed E-state index contributed by atoms with van der Waals surface area (Å²) in [5, 5.41) is 3.30. The molecule has 0 amide bonds. The number of rotatable bonds is 5. The molecule has 2 aromatic carbocycles. The molecular weight excluding hydrogens is 302 g/mol. The van der Waals surface area contributed by atoms with E-state index in [1.165, 1.54) is 0 Å². The highest BCUT2D eigenvalue weighted by Crippen LogP contribution is 2.31. The molecule has 0 aliphatic carbocycles. The van der Waals surface area contributed by atoms with Gasteiger partial charge in [-0.1, -0.05) is 42.5 Å². The molecule has 1 atom stereocenters. The van der Waals surface area contributed by atoms with Crippen LogP contribution in [0.1, 0.15) is 29.2 Å². The highest BCUT2D eigenvalue weighted by atomic mass is 16.5. The molecule has 0 saturated carbocycles. The molecule has 24 heavy (non-hydrogen) atoms. The summed E-state index contributed by atoms with van der Waals surface area (Å²) < 4.78 is 10.8. The Hall–Kier alpha value is -2.53. The van der Waals surface area contributed by atoms with Gasteiger partial charge in [-0.2, -0.15) is 0 Å². The monoisotopic (exact) mass is 325 g/mol. The second kappa shape index (κ2) is 7.84. The maximum absolute atomic E-state index is 6.07. The minimum atomic E-state index is 0.141. The predicted molar refractivity (Wildman–Crippen MR) is 94.9 cm³/mol. The molecule has 2 aromatic rings. The van der Waals surface area contributed by atoms with Gasteiger partial charge < -0.3 is 20.5 Å². The van der Waals surface area contributed by atoms with Crippen LogP contribution >= 0.6 is 0 Å². The molecule has 0 fully saturated rings. The summed E-state index contributed by atoms with van der Waals surface area (Å²) in [5.41, 5.74) is 9.46. The summed E-state index contributed by atoms with van der Waals surface area (Å²) in [5.74, 6) is 1.38. The Balaban J connectivity index is 1.61. The normalized spacial score (nSPS) is 17.0. The van der Waals surface area contributed by atoms with Crippen molar-refractivity contribution < 1.29 is 9.47 Å². The second-order valence-electron chi connectivity index (χ2n) is 5.82. The molecule has 5 heteroatoms. The fourth-order valence-electron chi connectivity index (χ4n) is 2.80. The third-order valence-electron chi connectivity index (χ3n) is 4.05. The van der Waals surface area contributed by atoms with E-state index in [0.717, 1.165) is 28.9 Å². The summed E-state index contributed by atoms with van der Waals surface area (Å²) in [6.45, 7) is 1.86. The lowest BCUT2D eigenvalue weighted by molar-refractivity contribution is 0.185.